The first-order valence-electron chi connectivity index (χ1n) is 11.6. The molecule has 0 unspecified atom stereocenters. The molecule has 178 valence electrons. The molecule has 9 nitrogen and oxygen atoms in total. The minimum atomic E-state index is -0.628. The molecule has 1 aliphatic heterocycles. The first kappa shape index (κ1) is 24.4. The van der Waals surface area contributed by atoms with Crippen molar-refractivity contribution in [3.8, 4) is 11.4 Å². The van der Waals surface area contributed by atoms with Crippen LogP contribution in [-0.4, -0.2) is 56.5 Å². The average molecular weight is 455 g/mol. The van der Waals surface area contributed by atoms with Crippen LogP contribution in [0.2, 0.25) is 0 Å². The molecular formula is C24H34N6O3. The molecule has 0 bridgehead atoms. The van der Waals surface area contributed by atoms with Crippen molar-refractivity contribution < 1.29 is 14.4 Å². The molecule has 2 atom stereocenters. The molecule has 0 aliphatic carbocycles. The summed E-state index contributed by atoms with van der Waals surface area (Å²) in [6.07, 6.45) is 1.32. The highest BCUT2D eigenvalue weighted by atomic mass is 16.2. The van der Waals surface area contributed by atoms with E-state index in [0.717, 1.165) is 5.56 Å². The number of hydrogen-bond donors (Lipinski definition) is 2. The van der Waals surface area contributed by atoms with Gasteiger partial charge < -0.3 is 15.5 Å². The van der Waals surface area contributed by atoms with E-state index in [1.807, 2.05) is 51.1 Å². The van der Waals surface area contributed by atoms with Crippen LogP contribution in [0.15, 0.2) is 30.3 Å². The largest absolute Gasteiger partial charge is 0.345 e. The zero-order valence-electron chi connectivity index (χ0n) is 19.9. The van der Waals surface area contributed by atoms with Crippen molar-refractivity contribution in [3.05, 3.63) is 36.2 Å². The van der Waals surface area contributed by atoms with E-state index in [0.29, 0.717) is 44.1 Å². The number of nitrogens with zero attached hydrogens (tertiary/aromatic N) is 4. The Bertz CT molecular complexity index is 972. The minimum Gasteiger partial charge on any atom is -0.345 e. The van der Waals surface area contributed by atoms with Gasteiger partial charge in [0.15, 0.2) is 5.82 Å². The topological polar surface area (TPSA) is 109 Å². The summed E-state index contributed by atoms with van der Waals surface area (Å²) in [5.74, 6) is 0.944. The van der Waals surface area contributed by atoms with Crippen LogP contribution in [0.25, 0.3) is 11.4 Å². The second-order valence-corrected chi connectivity index (χ2v) is 8.97. The lowest BCUT2D eigenvalue weighted by atomic mass is 10.0. The van der Waals surface area contributed by atoms with Gasteiger partial charge in [0.2, 0.25) is 17.7 Å². The number of benzene rings is 1. The highest BCUT2D eigenvalue weighted by Gasteiger charge is 2.26. The summed E-state index contributed by atoms with van der Waals surface area (Å²) in [5.41, 5.74) is 0.877. The molecule has 2 aromatic rings. The Morgan fingerprint density at radius 1 is 1.12 bits per heavy atom. The van der Waals surface area contributed by atoms with Crippen molar-refractivity contribution in [1.82, 2.24) is 30.3 Å². The molecule has 2 N–H and O–H groups in total. The maximum absolute atomic E-state index is 13.1. The fourth-order valence-electron chi connectivity index (χ4n) is 3.97. The normalized spacial score (nSPS) is 20.6. The van der Waals surface area contributed by atoms with E-state index >= 15 is 0 Å². The molecule has 1 aromatic carbocycles. The van der Waals surface area contributed by atoms with Gasteiger partial charge in [-0.25, -0.2) is 9.67 Å². The van der Waals surface area contributed by atoms with Gasteiger partial charge in [-0.1, -0.05) is 44.2 Å². The first-order valence-corrected chi connectivity index (χ1v) is 11.6. The third-order valence-electron chi connectivity index (χ3n) is 5.70. The third kappa shape index (κ3) is 6.63. The zero-order valence-corrected chi connectivity index (χ0v) is 19.9. The summed E-state index contributed by atoms with van der Waals surface area (Å²) in [6, 6.07) is 8.59. The molecule has 3 amide bonds. The first-order chi connectivity index (χ1) is 15.7. The van der Waals surface area contributed by atoms with Crippen LogP contribution in [-0.2, 0) is 20.9 Å². The molecule has 33 heavy (non-hydrogen) atoms. The smallest absolute Gasteiger partial charge is 0.243 e. The van der Waals surface area contributed by atoms with Gasteiger partial charge in [-0.3, -0.25) is 14.4 Å². The van der Waals surface area contributed by atoms with E-state index in [-0.39, 0.29) is 30.1 Å². The average Bonchev–Trinajstić information content (AvgIpc) is 3.19. The highest BCUT2D eigenvalue weighted by Crippen LogP contribution is 2.20. The minimum absolute atomic E-state index is 0.0495. The van der Waals surface area contributed by atoms with Crippen LogP contribution < -0.4 is 10.6 Å². The molecule has 0 saturated heterocycles. The van der Waals surface area contributed by atoms with E-state index in [4.69, 9.17) is 4.98 Å². The standard InChI is InChI=1S/C24H34N6O3/c1-16(2)15-20-24(33)25-17(3)23-27-22(19-9-6-5-7-10-19)28-30(23)14-13-29(18(4)31)12-8-11-21(32)26-20/h5-7,9-10,16-17,20H,8,11-15H2,1-4H3,(H,25,33)(H,26,32)/t17-,20-/m1/s1. The number of carbonyl (C=O) groups is 3. The lowest BCUT2D eigenvalue weighted by molar-refractivity contribution is -0.131. The van der Waals surface area contributed by atoms with Gasteiger partial charge in [0.05, 0.1) is 12.6 Å². The maximum atomic E-state index is 13.1. The van der Waals surface area contributed by atoms with Gasteiger partial charge in [-0.15, -0.1) is 0 Å². The quantitative estimate of drug-likeness (QED) is 0.740. The number of carbonyl (C=O) groups excluding carboxylic acids is 3. The van der Waals surface area contributed by atoms with E-state index in [2.05, 4.69) is 15.7 Å². The molecule has 0 radical (unpaired) electrons. The summed E-state index contributed by atoms with van der Waals surface area (Å²) in [6.45, 7) is 8.77. The van der Waals surface area contributed by atoms with Crippen molar-refractivity contribution >= 4 is 17.7 Å². The van der Waals surface area contributed by atoms with Crippen LogP contribution in [0, 0.1) is 5.92 Å². The monoisotopic (exact) mass is 454 g/mol. The fourth-order valence-corrected chi connectivity index (χ4v) is 3.97. The fraction of sp³-hybridized carbons (Fsp3) is 0.542. The van der Waals surface area contributed by atoms with Gasteiger partial charge in [0, 0.05) is 32.0 Å². The highest BCUT2D eigenvalue weighted by molar-refractivity contribution is 5.87. The molecule has 2 heterocycles. The summed E-state index contributed by atoms with van der Waals surface area (Å²) < 4.78 is 1.77. The number of amides is 3. The summed E-state index contributed by atoms with van der Waals surface area (Å²) in [4.78, 5) is 44.2. The number of hydrogen-bond acceptors (Lipinski definition) is 5. The van der Waals surface area contributed by atoms with Gasteiger partial charge in [-0.05, 0) is 25.7 Å². The Hall–Kier alpha value is -3.23. The number of fused-ring (bicyclic) bond motifs is 1. The molecular weight excluding hydrogens is 420 g/mol. The molecule has 0 spiro atoms. The Balaban J connectivity index is 1.95. The van der Waals surface area contributed by atoms with Crippen LogP contribution >= 0.6 is 0 Å². The second kappa shape index (κ2) is 11.1. The summed E-state index contributed by atoms with van der Waals surface area (Å²) >= 11 is 0. The Labute approximate surface area is 194 Å². The Morgan fingerprint density at radius 2 is 1.85 bits per heavy atom. The lowest BCUT2D eigenvalue weighted by Gasteiger charge is -2.25. The van der Waals surface area contributed by atoms with Gasteiger partial charge in [0.25, 0.3) is 0 Å². The van der Waals surface area contributed by atoms with Crippen molar-refractivity contribution in [2.45, 2.75) is 65.6 Å². The van der Waals surface area contributed by atoms with Crippen molar-refractivity contribution in [2.75, 3.05) is 13.1 Å². The number of nitrogens with one attached hydrogen (secondary N) is 2. The predicted molar refractivity (Wildman–Crippen MR) is 125 cm³/mol. The lowest BCUT2D eigenvalue weighted by Crippen LogP contribution is -2.48. The molecule has 1 aromatic heterocycles. The third-order valence-corrected chi connectivity index (χ3v) is 5.70. The van der Waals surface area contributed by atoms with Crippen LogP contribution in [0.3, 0.4) is 0 Å². The Kier molecular flexibility index (Phi) is 8.19. The second-order valence-electron chi connectivity index (χ2n) is 8.97. The molecule has 0 saturated carbocycles. The van der Waals surface area contributed by atoms with Crippen LogP contribution in [0.1, 0.15) is 58.8 Å². The zero-order chi connectivity index (χ0) is 24.0. The molecule has 1 aliphatic rings. The van der Waals surface area contributed by atoms with Gasteiger partial charge >= 0.3 is 0 Å². The van der Waals surface area contributed by atoms with E-state index in [9.17, 15) is 14.4 Å². The molecule has 3 rings (SSSR count). The number of rotatable bonds is 3. The van der Waals surface area contributed by atoms with Crippen molar-refractivity contribution in [1.29, 1.82) is 0 Å². The molecule has 0 fully saturated rings. The van der Waals surface area contributed by atoms with Crippen molar-refractivity contribution in [3.63, 3.8) is 0 Å². The summed E-state index contributed by atoms with van der Waals surface area (Å²) in [5, 5.41) is 10.6. The predicted octanol–water partition coefficient (Wildman–Crippen LogP) is 2.30. The van der Waals surface area contributed by atoms with Crippen LogP contribution in [0.4, 0.5) is 0 Å². The van der Waals surface area contributed by atoms with E-state index in [1.54, 1.807) is 9.58 Å². The summed E-state index contributed by atoms with van der Waals surface area (Å²) in [7, 11) is 0. The van der Waals surface area contributed by atoms with E-state index < -0.39 is 12.1 Å². The van der Waals surface area contributed by atoms with Crippen LogP contribution in [0.5, 0.6) is 0 Å². The molecule has 9 heteroatoms. The maximum Gasteiger partial charge on any atom is 0.243 e. The SMILES string of the molecule is CC(=O)N1CCCC(=O)N[C@H](CC(C)C)C(=O)N[C@H](C)c2nc(-c3ccccc3)nn2CC1. The number of aromatic nitrogens is 3. The van der Waals surface area contributed by atoms with E-state index in [1.165, 1.54) is 6.92 Å². The Morgan fingerprint density at radius 3 is 2.52 bits per heavy atom. The van der Waals surface area contributed by atoms with Crippen molar-refractivity contribution in [2.24, 2.45) is 5.92 Å². The van der Waals surface area contributed by atoms with Gasteiger partial charge in [0.1, 0.15) is 11.9 Å². The van der Waals surface area contributed by atoms with Gasteiger partial charge in [-0.2, -0.15) is 5.10 Å².